The van der Waals surface area contributed by atoms with Crippen LogP contribution in [-0.4, -0.2) is 31.7 Å². The molecule has 1 heterocycles. The van der Waals surface area contributed by atoms with Gasteiger partial charge in [0.2, 0.25) is 15.9 Å². The van der Waals surface area contributed by atoms with Gasteiger partial charge in [-0.25, -0.2) is 17.2 Å². The number of nitriles is 1. The Morgan fingerprint density at radius 3 is 2.48 bits per heavy atom. The van der Waals surface area contributed by atoms with E-state index >= 15 is 0 Å². The average molecular weight is 440 g/mol. The minimum Gasteiger partial charge on any atom is -0.326 e. The number of piperidine rings is 1. The van der Waals surface area contributed by atoms with Crippen LogP contribution in [0.1, 0.15) is 18.4 Å². The van der Waals surface area contributed by atoms with E-state index in [9.17, 15) is 22.0 Å². The first-order chi connectivity index (χ1) is 13.7. The van der Waals surface area contributed by atoms with Crippen LogP contribution >= 0.6 is 11.6 Å². The number of hydrogen-bond acceptors (Lipinski definition) is 4. The van der Waals surface area contributed by atoms with Crippen LogP contribution in [0.4, 0.5) is 14.5 Å². The van der Waals surface area contributed by atoms with Crippen LogP contribution in [0.3, 0.4) is 0 Å². The number of amides is 1. The molecule has 0 spiro atoms. The van der Waals surface area contributed by atoms with Gasteiger partial charge in [0.1, 0.15) is 22.6 Å². The molecule has 2 aromatic carbocycles. The Morgan fingerprint density at radius 1 is 1.17 bits per heavy atom. The van der Waals surface area contributed by atoms with Gasteiger partial charge in [-0.15, -0.1) is 0 Å². The van der Waals surface area contributed by atoms with E-state index in [0.29, 0.717) is 11.8 Å². The van der Waals surface area contributed by atoms with Gasteiger partial charge in [-0.05, 0) is 49.2 Å². The van der Waals surface area contributed by atoms with Crippen LogP contribution in [0.2, 0.25) is 5.02 Å². The standard InChI is InChI=1S/C19H16ClF2N3O3S/c20-16-10-15(3-1-13(16)11-23)24-19(26)12-5-7-25(8-6-12)29(27,28)18-9-14(21)2-4-17(18)22/h1-4,9-10,12H,5-8H2,(H,24,26). The summed E-state index contributed by atoms with van der Waals surface area (Å²) in [5.74, 6) is -2.63. The van der Waals surface area contributed by atoms with Crippen LogP contribution in [0.25, 0.3) is 0 Å². The molecule has 10 heteroatoms. The Hall–Kier alpha value is -2.54. The van der Waals surface area contributed by atoms with Gasteiger partial charge in [-0.3, -0.25) is 4.79 Å². The smallest absolute Gasteiger partial charge is 0.246 e. The van der Waals surface area contributed by atoms with Gasteiger partial charge in [0, 0.05) is 24.7 Å². The first-order valence-corrected chi connectivity index (χ1v) is 10.5. The summed E-state index contributed by atoms with van der Waals surface area (Å²) in [5, 5.41) is 11.8. The van der Waals surface area contributed by atoms with Crippen molar-refractivity contribution in [3.05, 3.63) is 58.6 Å². The van der Waals surface area contributed by atoms with Gasteiger partial charge >= 0.3 is 0 Å². The highest BCUT2D eigenvalue weighted by molar-refractivity contribution is 7.89. The summed E-state index contributed by atoms with van der Waals surface area (Å²) < 4.78 is 53.5. The van der Waals surface area contributed by atoms with Gasteiger partial charge in [0.05, 0.1) is 10.6 Å². The number of nitrogens with one attached hydrogen (secondary N) is 1. The zero-order valence-corrected chi connectivity index (χ0v) is 16.6. The molecule has 2 aromatic rings. The molecule has 0 unspecified atom stereocenters. The molecule has 1 fully saturated rings. The van der Waals surface area contributed by atoms with E-state index in [1.165, 1.54) is 12.1 Å². The van der Waals surface area contributed by atoms with Crippen molar-refractivity contribution in [1.29, 1.82) is 5.26 Å². The SMILES string of the molecule is N#Cc1ccc(NC(=O)C2CCN(S(=O)(=O)c3cc(F)ccc3F)CC2)cc1Cl. The van der Waals surface area contributed by atoms with E-state index < -0.39 is 32.5 Å². The number of rotatable bonds is 4. The van der Waals surface area contributed by atoms with Crippen molar-refractivity contribution in [3.8, 4) is 6.07 Å². The molecule has 152 valence electrons. The van der Waals surface area contributed by atoms with Gasteiger partial charge in [-0.2, -0.15) is 9.57 Å². The highest BCUT2D eigenvalue weighted by Crippen LogP contribution is 2.27. The van der Waals surface area contributed by atoms with E-state index in [0.717, 1.165) is 16.4 Å². The molecule has 1 aliphatic heterocycles. The molecule has 0 bridgehead atoms. The van der Waals surface area contributed by atoms with Crippen LogP contribution in [0.15, 0.2) is 41.3 Å². The lowest BCUT2D eigenvalue weighted by Gasteiger charge is -2.30. The zero-order chi connectivity index (χ0) is 21.2. The summed E-state index contributed by atoms with van der Waals surface area (Å²) in [4.78, 5) is 11.7. The first kappa shape index (κ1) is 21.2. The number of nitrogens with zero attached hydrogens (tertiary/aromatic N) is 2. The van der Waals surface area contributed by atoms with Crippen molar-refractivity contribution in [2.75, 3.05) is 18.4 Å². The molecule has 0 aliphatic carbocycles. The minimum atomic E-state index is -4.20. The predicted molar refractivity (Wildman–Crippen MR) is 103 cm³/mol. The van der Waals surface area contributed by atoms with E-state index in [1.807, 2.05) is 6.07 Å². The van der Waals surface area contributed by atoms with Gasteiger partial charge < -0.3 is 5.32 Å². The average Bonchev–Trinajstić information content (AvgIpc) is 2.70. The monoisotopic (exact) mass is 439 g/mol. The third-order valence-electron chi connectivity index (χ3n) is 4.69. The van der Waals surface area contributed by atoms with Gasteiger partial charge in [0.15, 0.2) is 0 Å². The highest BCUT2D eigenvalue weighted by atomic mass is 35.5. The lowest BCUT2D eigenvalue weighted by atomic mass is 9.97. The molecule has 0 atom stereocenters. The molecule has 1 saturated heterocycles. The van der Waals surface area contributed by atoms with Crippen molar-refractivity contribution in [2.24, 2.45) is 5.92 Å². The van der Waals surface area contributed by atoms with E-state index in [4.69, 9.17) is 16.9 Å². The van der Waals surface area contributed by atoms with E-state index in [1.54, 1.807) is 6.07 Å². The maximum atomic E-state index is 13.9. The molecule has 0 radical (unpaired) electrons. The third kappa shape index (κ3) is 4.56. The number of sulfonamides is 1. The summed E-state index contributed by atoms with van der Waals surface area (Å²) >= 11 is 5.95. The van der Waals surface area contributed by atoms with Crippen molar-refractivity contribution in [2.45, 2.75) is 17.7 Å². The number of benzene rings is 2. The first-order valence-electron chi connectivity index (χ1n) is 8.68. The molecule has 0 aromatic heterocycles. The Morgan fingerprint density at radius 2 is 1.86 bits per heavy atom. The van der Waals surface area contributed by atoms with Crippen LogP contribution in [0, 0.1) is 28.9 Å². The van der Waals surface area contributed by atoms with Gasteiger partial charge in [-0.1, -0.05) is 11.6 Å². The van der Waals surface area contributed by atoms with Crippen molar-refractivity contribution in [1.82, 2.24) is 4.31 Å². The second kappa shape index (κ2) is 8.45. The molecular weight excluding hydrogens is 424 g/mol. The zero-order valence-electron chi connectivity index (χ0n) is 15.0. The van der Waals surface area contributed by atoms with Crippen LogP contribution in [0.5, 0.6) is 0 Å². The topological polar surface area (TPSA) is 90.3 Å². The lowest BCUT2D eigenvalue weighted by Crippen LogP contribution is -2.41. The van der Waals surface area contributed by atoms with Crippen molar-refractivity contribution < 1.29 is 22.0 Å². The largest absolute Gasteiger partial charge is 0.326 e. The molecule has 6 nitrogen and oxygen atoms in total. The number of halogens is 3. The fourth-order valence-electron chi connectivity index (χ4n) is 3.10. The third-order valence-corrected chi connectivity index (χ3v) is 6.92. The number of carbonyl (C=O) groups excluding carboxylic acids is 1. The van der Waals surface area contributed by atoms with Gasteiger partial charge in [0.25, 0.3) is 0 Å². The number of carbonyl (C=O) groups is 1. The molecule has 1 aliphatic rings. The predicted octanol–water partition coefficient (Wildman–Crippen LogP) is 3.53. The maximum Gasteiger partial charge on any atom is 0.246 e. The maximum absolute atomic E-state index is 13.9. The fraction of sp³-hybridized carbons (Fsp3) is 0.263. The van der Waals surface area contributed by atoms with Crippen molar-refractivity contribution in [3.63, 3.8) is 0 Å². The number of hydrogen-bond donors (Lipinski definition) is 1. The quantitative estimate of drug-likeness (QED) is 0.789. The highest BCUT2D eigenvalue weighted by Gasteiger charge is 2.33. The van der Waals surface area contributed by atoms with E-state index in [-0.39, 0.29) is 42.4 Å². The van der Waals surface area contributed by atoms with Crippen LogP contribution < -0.4 is 5.32 Å². The number of anilines is 1. The van der Waals surface area contributed by atoms with Crippen LogP contribution in [-0.2, 0) is 14.8 Å². The Labute approximate surface area is 171 Å². The molecule has 1 amide bonds. The summed E-state index contributed by atoms with van der Waals surface area (Å²) in [6, 6.07) is 8.69. The molecular formula is C19H16ClF2N3O3S. The normalized spacial score (nSPS) is 15.7. The Bertz CT molecular complexity index is 1090. The Kier molecular flexibility index (Phi) is 6.17. The summed E-state index contributed by atoms with van der Waals surface area (Å²) in [6.45, 7) is 0.00893. The Balaban J connectivity index is 1.65. The van der Waals surface area contributed by atoms with Crippen molar-refractivity contribution >= 4 is 33.2 Å². The second-order valence-corrected chi connectivity index (χ2v) is 8.86. The second-order valence-electron chi connectivity index (χ2n) is 6.55. The molecule has 29 heavy (non-hydrogen) atoms. The summed E-state index contributed by atoms with van der Waals surface area (Å²) in [5.41, 5.74) is 0.712. The molecule has 1 N–H and O–H groups in total. The molecule has 3 rings (SSSR count). The fourth-order valence-corrected chi connectivity index (χ4v) is 4.87. The lowest BCUT2D eigenvalue weighted by molar-refractivity contribution is -0.120. The summed E-state index contributed by atoms with van der Waals surface area (Å²) in [7, 11) is -4.20. The van der Waals surface area contributed by atoms with E-state index in [2.05, 4.69) is 5.32 Å². The summed E-state index contributed by atoms with van der Waals surface area (Å²) in [6.07, 6.45) is 0.456. The molecule has 0 saturated carbocycles. The minimum absolute atomic E-state index is 0.00446.